The monoisotopic (exact) mass is 488 g/mol. The van der Waals surface area contributed by atoms with E-state index in [2.05, 4.69) is 20.9 Å². The number of guanidine groups is 1. The van der Waals surface area contributed by atoms with Crippen molar-refractivity contribution in [1.29, 1.82) is 0 Å². The molecule has 4 amide bonds. The Hall–Kier alpha value is -3.46. The number of hydrogen-bond acceptors (Lipinski definition) is 8. The van der Waals surface area contributed by atoms with E-state index in [0.29, 0.717) is 0 Å². The fourth-order valence-electron chi connectivity index (χ4n) is 2.71. The number of nitrogens with two attached hydrogens (primary N) is 4. The molecule has 0 fully saturated rings. The van der Waals surface area contributed by atoms with Gasteiger partial charge in [-0.15, -0.1) is 0 Å². The van der Waals surface area contributed by atoms with Crippen molar-refractivity contribution in [3.05, 3.63) is 0 Å². The summed E-state index contributed by atoms with van der Waals surface area (Å²) in [5.41, 5.74) is 21.2. The number of amides is 4. The quantitative estimate of drug-likeness (QED) is 0.0608. The molecular weight excluding hydrogens is 452 g/mol. The van der Waals surface area contributed by atoms with Gasteiger partial charge in [-0.25, -0.2) is 4.79 Å². The van der Waals surface area contributed by atoms with E-state index in [-0.39, 0.29) is 25.3 Å². The molecule has 0 saturated carbocycles. The number of carboxylic acid groups (broad SMARTS) is 1. The largest absolute Gasteiger partial charge is 0.480 e. The minimum absolute atomic E-state index is 0.00319. The summed E-state index contributed by atoms with van der Waals surface area (Å²) in [6.07, 6.45) is -1.58. The molecule has 0 aliphatic carbocycles. The molecule has 0 radical (unpaired) electrons. The fourth-order valence-corrected chi connectivity index (χ4v) is 2.71. The average molecular weight is 489 g/mol. The van der Waals surface area contributed by atoms with Gasteiger partial charge < -0.3 is 49.1 Å². The number of aliphatic hydroxyl groups is 1. The fraction of sp³-hybridized carbons (Fsp3) is 0.684. The van der Waals surface area contributed by atoms with Crippen LogP contribution >= 0.6 is 0 Å². The third-order valence-corrected chi connectivity index (χ3v) is 4.67. The van der Waals surface area contributed by atoms with Crippen LogP contribution in [0.1, 0.15) is 40.0 Å². The van der Waals surface area contributed by atoms with Gasteiger partial charge in [0.2, 0.25) is 23.6 Å². The van der Waals surface area contributed by atoms with Crippen LogP contribution in [0.2, 0.25) is 0 Å². The predicted molar refractivity (Wildman–Crippen MR) is 122 cm³/mol. The van der Waals surface area contributed by atoms with Crippen molar-refractivity contribution in [2.45, 2.75) is 70.3 Å². The van der Waals surface area contributed by atoms with Gasteiger partial charge in [0.15, 0.2) is 5.96 Å². The molecule has 15 heteroatoms. The molecule has 0 aliphatic heterocycles. The van der Waals surface area contributed by atoms with Crippen LogP contribution in [-0.2, 0) is 24.0 Å². The predicted octanol–water partition coefficient (Wildman–Crippen LogP) is -4.18. The van der Waals surface area contributed by atoms with Gasteiger partial charge in [-0.3, -0.25) is 24.2 Å². The second-order valence-electron chi connectivity index (χ2n) is 8.08. The van der Waals surface area contributed by atoms with Gasteiger partial charge in [0.05, 0.1) is 12.5 Å². The summed E-state index contributed by atoms with van der Waals surface area (Å²) < 4.78 is 0. The molecule has 0 saturated heterocycles. The van der Waals surface area contributed by atoms with Crippen molar-refractivity contribution < 1.29 is 34.2 Å². The topological polar surface area (TPSA) is 278 Å². The summed E-state index contributed by atoms with van der Waals surface area (Å²) in [6, 6.07) is -5.25. The first-order chi connectivity index (χ1) is 15.7. The van der Waals surface area contributed by atoms with Crippen LogP contribution in [0.15, 0.2) is 4.99 Å². The molecular formula is C19H36N8O7. The van der Waals surface area contributed by atoms with Crippen LogP contribution in [0, 0.1) is 5.92 Å². The molecule has 194 valence electrons. The number of nitrogens with zero attached hydrogens (tertiary/aromatic N) is 1. The Labute approximate surface area is 197 Å². The Kier molecular flexibility index (Phi) is 13.2. The number of hydrogen-bond donors (Lipinski definition) is 9. The summed E-state index contributed by atoms with van der Waals surface area (Å²) in [7, 11) is 0. The first-order valence-electron chi connectivity index (χ1n) is 10.6. The second-order valence-corrected chi connectivity index (χ2v) is 8.08. The molecule has 0 spiro atoms. The lowest BCUT2D eigenvalue weighted by atomic mass is 10.0. The van der Waals surface area contributed by atoms with Crippen molar-refractivity contribution in [1.82, 2.24) is 16.0 Å². The Morgan fingerprint density at radius 1 is 0.882 bits per heavy atom. The van der Waals surface area contributed by atoms with Crippen molar-refractivity contribution in [2.75, 3.05) is 6.54 Å². The zero-order valence-electron chi connectivity index (χ0n) is 19.5. The van der Waals surface area contributed by atoms with Crippen molar-refractivity contribution in [3.63, 3.8) is 0 Å². The number of carbonyl (C=O) groups is 5. The molecule has 13 N–H and O–H groups in total. The number of primary amides is 1. The molecule has 0 heterocycles. The van der Waals surface area contributed by atoms with E-state index in [0.717, 1.165) is 0 Å². The maximum Gasteiger partial charge on any atom is 0.326 e. The Morgan fingerprint density at radius 2 is 1.44 bits per heavy atom. The van der Waals surface area contributed by atoms with Crippen molar-refractivity contribution in [3.8, 4) is 0 Å². The Bertz CT molecular complexity index is 768. The van der Waals surface area contributed by atoms with Gasteiger partial charge in [0, 0.05) is 6.54 Å². The number of carbonyl (C=O) groups excluding carboxylic acids is 4. The van der Waals surface area contributed by atoms with Gasteiger partial charge in [0.1, 0.15) is 24.2 Å². The molecule has 5 atom stereocenters. The summed E-state index contributed by atoms with van der Waals surface area (Å²) in [6.45, 7) is 4.72. The lowest BCUT2D eigenvalue weighted by molar-refractivity contribution is -0.144. The zero-order valence-corrected chi connectivity index (χ0v) is 19.5. The standard InChI is InChI=1S/C19H36N8O7/c1-8(2)14(27-16(31)13(21)9(3)28)17(32)25-10(5-4-6-24-19(22)23)15(30)26-11(18(33)34)7-12(20)29/h8-11,13-14,28H,4-7,21H2,1-3H3,(H2,20,29)(H,25,32)(H,26,30)(H,27,31)(H,33,34)(H4,22,23,24). The van der Waals surface area contributed by atoms with E-state index in [9.17, 15) is 34.2 Å². The second kappa shape index (κ2) is 14.6. The highest BCUT2D eigenvalue weighted by atomic mass is 16.4. The zero-order chi connectivity index (χ0) is 26.6. The average Bonchev–Trinajstić information content (AvgIpc) is 2.71. The maximum atomic E-state index is 12.9. The third kappa shape index (κ3) is 11.4. The number of aliphatic carboxylic acids is 1. The van der Waals surface area contributed by atoms with E-state index in [1.54, 1.807) is 13.8 Å². The van der Waals surface area contributed by atoms with Crippen LogP contribution in [0.25, 0.3) is 0 Å². The smallest absolute Gasteiger partial charge is 0.326 e. The highest BCUT2D eigenvalue weighted by molar-refractivity contribution is 5.95. The molecule has 0 aliphatic rings. The van der Waals surface area contributed by atoms with Crippen molar-refractivity contribution >= 4 is 35.6 Å². The first kappa shape index (κ1) is 30.5. The first-order valence-corrected chi connectivity index (χ1v) is 10.6. The third-order valence-electron chi connectivity index (χ3n) is 4.67. The van der Waals surface area contributed by atoms with Crippen LogP contribution in [0.4, 0.5) is 0 Å². The Morgan fingerprint density at radius 3 is 1.88 bits per heavy atom. The molecule has 15 nitrogen and oxygen atoms in total. The molecule has 0 aromatic carbocycles. The minimum Gasteiger partial charge on any atom is -0.480 e. The lowest BCUT2D eigenvalue weighted by Crippen LogP contribution is -2.59. The summed E-state index contributed by atoms with van der Waals surface area (Å²) in [5.74, 6) is -5.45. The molecule has 0 rings (SSSR count). The Balaban J connectivity index is 5.59. The van der Waals surface area contributed by atoms with Gasteiger partial charge in [-0.1, -0.05) is 13.8 Å². The molecule has 0 aromatic heterocycles. The summed E-state index contributed by atoms with van der Waals surface area (Å²) in [5, 5.41) is 25.8. The summed E-state index contributed by atoms with van der Waals surface area (Å²) >= 11 is 0. The van der Waals surface area contributed by atoms with Crippen LogP contribution in [0.3, 0.4) is 0 Å². The van der Waals surface area contributed by atoms with Gasteiger partial charge in [-0.05, 0) is 25.7 Å². The van der Waals surface area contributed by atoms with Gasteiger partial charge in [0.25, 0.3) is 0 Å². The highest BCUT2D eigenvalue weighted by Gasteiger charge is 2.32. The molecule has 0 aromatic rings. The van der Waals surface area contributed by atoms with E-state index in [1.165, 1.54) is 6.92 Å². The molecule has 5 unspecified atom stereocenters. The van der Waals surface area contributed by atoms with E-state index >= 15 is 0 Å². The van der Waals surface area contributed by atoms with E-state index in [1.807, 2.05) is 0 Å². The SMILES string of the molecule is CC(C)C(NC(=O)C(N)C(C)O)C(=O)NC(CCCN=C(N)N)C(=O)NC(CC(N)=O)C(=O)O. The molecule has 34 heavy (non-hydrogen) atoms. The van der Waals surface area contributed by atoms with E-state index < -0.39 is 72.2 Å². The number of rotatable bonds is 15. The maximum absolute atomic E-state index is 12.9. The highest BCUT2D eigenvalue weighted by Crippen LogP contribution is 2.07. The lowest BCUT2D eigenvalue weighted by Gasteiger charge is -2.27. The van der Waals surface area contributed by atoms with Crippen LogP contribution in [0.5, 0.6) is 0 Å². The minimum atomic E-state index is -1.60. The normalized spacial score (nSPS) is 15.2. The van der Waals surface area contributed by atoms with Gasteiger partial charge in [-0.2, -0.15) is 0 Å². The van der Waals surface area contributed by atoms with Crippen molar-refractivity contribution in [2.24, 2.45) is 33.8 Å². The number of nitrogens with one attached hydrogen (secondary N) is 3. The summed E-state index contributed by atoms with van der Waals surface area (Å²) in [4.78, 5) is 64.1. The van der Waals surface area contributed by atoms with Gasteiger partial charge >= 0.3 is 5.97 Å². The van der Waals surface area contributed by atoms with Crippen LogP contribution < -0.4 is 38.9 Å². The number of aliphatic imine (C=N–C) groups is 1. The van der Waals surface area contributed by atoms with E-state index in [4.69, 9.17) is 22.9 Å². The molecule has 0 bridgehead atoms. The van der Waals surface area contributed by atoms with Crippen LogP contribution in [-0.4, -0.2) is 82.6 Å². The number of carboxylic acids is 1. The number of aliphatic hydroxyl groups excluding tert-OH is 1.